The van der Waals surface area contributed by atoms with Crippen LogP contribution < -0.4 is 20.5 Å². The van der Waals surface area contributed by atoms with E-state index < -0.39 is 18.0 Å². The quantitative estimate of drug-likeness (QED) is 0.541. The number of amides is 2. The van der Waals surface area contributed by atoms with E-state index in [0.29, 0.717) is 36.9 Å². The second-order valence-corrected chi connectivity index (χ2v) is 7.07. The largest absolute Gasteiger partial charge is 0.442 e. The van der Waals surface area contributed by atoms with Crippen LogP contribution in [0.4, 0.5) is 20.6 Å². The third-order valence-corrected chi connectivity index (χ3v) is 5.10. The summed E-state index contributed by atoms with van der Waals surface area (Å²) in [5, 5.41) is 5.27. The lowest BCUT2D eigenvalue weighted by molar-refractivity contribution is -0.119. The van der Waals surface area contributed by atoms with Gasteiger partial charge in [-0.15, -0.1) is 4.91 Å². The number of nitroso groups, excluding NO2 is 1. The molecule has 2 amide bonds. The Hall–Kier alpha value is -2.91. The van der Waals surface area contributed by atoms with Crippen molar-refractivity contribution in [1.29, 1.82) is 0 Å². The molecule has 0 aromatic heterocycles. The molecule has 2 aliphatic heterocycles. The molecule has 2 fully saturated rings. The molecule has 1 unspecified atom stereocenters. The summed E-state index contributed by atoms with van der Waals surface area (Å²) >= 11 is 0. The maximum Gasteiger partial charge on any atom is 0.414 e. The zero-order valence-corrected chi connectivity index (χ0v) is 15.7. The highest BCUT2D eigenvalue weighted by Gasteiger charge is 2.33. The zero-order valence-electron chi connectivity index (χ0n) is 15.7. The van der Waals surface area contributed by atoms with Crippen molar-refractivity contribution in [2.45, 2.75) is 25.9 Å². The fourth-order valence-electron chi connectivity index (χ4n) is 3.56. The minimum atomic E-state index is -0.556. The molecule has 0 aliphatic carbocycles. The van der Waals surface area contributed by atoms with Gasteiger partial charge in [-0.05, 0) is 37.0 Å². The number of hydrogen-bond donors (Lipinski definition) is 2. The van der Waals surface area contributed by atoms with Gasteiger partial charge in [0.25, 0.3) is 0 Å². The molecule has 1 aromatic rings. The molecule has 0 saturated carbocycles. The van der Waals surface area contributed by atoms with E-state index in [4.69, 9.17) is 4.74 Å². The first kappa shape index (κ1) is 19.8. The van der Waals surface area contributed by atoms with E-state index in [2.05, 4.69) is 16.0 Å². The fourth-order valence-corrected chi connectivity index (χ4v) is 3.56. The number of nitrogens with zero attached hydrogens (tertiary/aromatic N) is 3. The highest BCUT2D eigenvalue weighted by Crippen LogP contribution is 2.30. The Morgan fingerprint density at radius 1 is 1.32 bits per heavy atom. The van der Waals surface area contributed by atoms with E-state index in [1.807, 2.05) is 4.90 Å². The Morgan fingerprint density at radius 3 is 2.71 bits per heavy atom. The molecule has 2 aliphatic rings. The van der Waals surface area contributed by atoms with Gasteiger partial charge in [0.05, 0.1) is 24.5 Å². The van der Waals surface area contributed by atoms with Gasteiger partial charge in [-0.2, -0.15) is 0 Å². The average molecular weight is 393 g/mol. The summed E-state index contributed by atoms with van der Waals surface area (Å²) in [6.45, 7) is 3.78. The van der Waals surface area contributed by atoms with Gasteiger partial charge in [-0.25, -0.2) is 9.18 Å². The number of anilines is 2. The first-order valence-electron chi connectivity index (χ1n) is 9.30. The van der Waals surface area contributed by atoms with Crippen LogP contribution in [-0.2, 0) is 9.53 Å². The fraction of sp³-hybridized carbons (Fsp3) is 0.556. The molecule has 28 heavy (non-hydrogen) atoms. The number of halogens is 1. The molecule has 9 nitrogen and oxygen atoms in total. The molecular weight excluding hydrogens is 369 g/mol. The van der Waals surface area contributed by atoms with E-state index in [1.54, 1.807) is 12.1 Å². The van der Waals surface area contributed by atoms with Crippen molar-refractivity contribution in [1.82, 2.24) is 10.7 Å². The lowest BCUT2D eigenvalue weighted by Crippen LogP contribution is -2.37. The second-order valence-electron chi connectivity index (χ2n) is 7.07. The monoisotopic (exact) mass is 393 g/mol. The summed E-state index contributed by atoms with van der Waals surface area (Å²) in [7, 11) is 0. The summed E-state index contributed by atoms with van der Waals surface area (Å²) in [6.07, 6.45) is 0.659. The number of ether oxygens (including phenoxy) is 1. The molecular formula is C18H24FN5O4. The average Bonchev–Trinajstić information content (AvgIpc) is 3.06. The number of carbonyl (C=O) groups is 2. The van der Waals surface area contributed by atoms with E-state index in [9.17, 15) is 18.9 Å². The molecule has 2 N–H and O–H groups in total. The van der Waals surface area contributed by atoms with Gasteiger partial charge in [0.2, 0.25) is 5.91 Å². The maximum atomic E-state index is 14.7. The van der Waals surface area contributed by atoms with Crippen LogP contribution in [0, 0.1) is 16.6 Å². The molecule has 0 radical (unpaired) electrons. The topological polar surface area (TPSA) is 103 Å². The Balaban J connectivity index is 1.61. The van der Waals surface area contributed by atoms with Crippen LogP contribution in [-0.4, -0.2) is 50.8 Å². The zero-order chi connectivity index (χ0) is 20.1. The number of rotatable bonds is 7. The Labute approximate surface area is 162 Å². The van der Waals surface area contributed by atoms with Crippen LogP contribution in [0.25, 0.3) is 0 Å². The highest BCUT2D eigenvalue weighted by molar-refractivity contribution is 5.90. The smallest absolute Gasteiger partial charge is 0.414 e. The first-order chi connectivity index (χ1) is 13.5. The van der Waals surface area contributed by atoms with Crippen molar-refractivity contribution < 1.29 is 18.7 Å². The first-order valence-corrected chi connectivity index (χ1v) is 9.30. The minimum absolute atomic E-state index is 0.202. The van der Waals surface area contributed by atoms with Crippen molar-refractivity contribution >= 4 is 23.4 Å². The van der Waals surface area contributed by atoms with Gasteiger partial charge in [-0.3, -0.25) is 15.1 Å². The third-order valence-electron chi connectivity index (χ3n) is 5.10. The van der Waals surface area contributed by atoms with Crippen LogP contribution in [0.5, 0.6) is 0 Å². The van der Waals surface area contributed by atoms with Crippen LogP contribution in [0.3, 0.4) is 0 Å². The summed E-state index contributed by atoms with van der Waals surface area (Å²) in [4.78, 5) is 36.6. The molecule has 1 aromatic carbocycles. The summed E-state index contributed by atoms with van der Waals surface area (Å²) in [5.41, 5.74) is 3.37. The van der Waals surface area contributed by atoms with Crippen molar-refractivity contribution in [3.05, 3.63) is 28.9 Å². The van der Waals surface area contributed by atoms with Gasteiger partial charge in [0.15, 0.2) is 0 Å². The summed E-state index contributed by atoms with van der Waals surface area (Å²) in [5.74, 6) is -0.259. The highest BCUT2D eigenvalue weighted by atomic mass is 19.1. The van der Waals surface area contributed by atoms with E-state index in [0.717, 1.165) is 12.8 Å². The van der Waals surface area contributed by atoms with Crippen LogP contribution >= 0.6 is 0 Å². The molecule has 1 atom stereocenters. The van der Waals surface area contributed by atoms with Crippen molar-refractivity contribution in [3.8, 4) is 0 Å². The lowest BCUT2D eigenvalue weighted by Gasteiger charge is -2.33. The normalized spacial score (nSPS) is 20.1. The van der Waals surface area contributed by atoms with Crippen molar-refractivity contribution in [2.75, 3.05) is 42.5 Å². The molecule has 3 rings (SSSR count). The van der Waals surface area contributed by atoms with Crippen LogP contribution in [0.15, 0.2) is 23.5 Å². The van der Waals surface area contributed by atoms with Gasteiger partial charge in [0, 0.05) is 31.8 Å². The maximum absolute atomic E-state index is 14.7. The Kier molecular flexibility index (Phi) is 6.27. The summed E-state index contributed by atoms with van der Waals surface area (Å²) < 4.78 is 19.9. The Bertz CT molecular complexity index is 739. The number of hydrogen-bond acceptors (Lipinski definition) is 6. The molecule has 10 heteroatoms. The Morgan fingerprint density at radius 2 is 2.07 bits per heavy atom. The predicted octanol–water partition coefficient (Wildman–Crippen LogP) is 1.77. The van der Waals surface area contributed by atoms with Crippen molar-refractivity contribution in [2.24, 2.45) is 11.2 Å². The molecule has 2 saturated heterocycles. The number of benzene rings is 1. The van der Waals surface area contributed by atoms with Crippen LogP contribution in [0.2, 0.25) is 0 Å². The predicted molar refractivity (Wildman–Crippen MR) is 101 cm³/mol. The van der Waals surface area contributed by atoms with Crippen molar-refractivity contribution in [3.63, 3.8) is 0 Å². The van der Waals surface area contributed by atoms with E-state index in [-0.39, 0.29) is 19.0 Å². The van der Waals surface area contributed by atoms with Gasteiger partial charge in [-0.1, -0.05) is 0 Å². The third kappa shape index (κ3) is 4.68. The molecule has 2 heterocycles. The SMILES string of the molecule is CC(=O)NCC1CN(c2ccc(N3CCC(CNN=O)CC3)c(F)c2)C(=O)O1. The van der Waals surface area contributed by atoms with Crippen LogP contribution in [0.1, 0.15) is 19.8 Å². The second kappa shape index (κ2) is 8.85. The minimum Gasteiger partial charge on any atom is -0.442 e. The summed E-state index contributed by atoms with van der Waals surface area (Å²) in [6, 6.07) is 4.70. The van der Waals surface area contributed by atoms with Gasteiger partial charge in [0.1, 0.15) is 11.9 Å². The number of piperidine rings is 1. The molecule has 0 spiro atoms. The molecule has 152 valence electrons. The lowest BCUT2D eigenvalue weighted by atomic mass is 9.96. The molecule has 0 bridgehead atoms. The number of nitrogens with one attached hydrogen (secondary N) is 2. The number of carbonyl (C=O) groups excluding carboxylic acids is 2. The van der Waals surface area contributed by atoms with Gasteiger partial charge < -0.3 is 15.0 Å². The van der Waals surface area contributed by atoms with Gasteiger partial charge >= 0.3 is 6.09 Å². The number of cyclic esters (lactones) is 1. The van der Waals surface area contributed by atoms with E-state index in [1.165, 1.54) is 17.9 Å². The van der Waals surface area contributed by atoms with E-state index >= 15 is 0 Å². The standard InChI is InChI=1S/C18H24FN5O4/c1-12(25)20-10-15-11-24(18(26)28-15)14-2-3-17(16(19)8-14)23-6-4-13(5-7-23)9-21-22-27/h2-3,8,13,15H,4-7,9-11H2,1H3,(H,20,25)(H,21,27).